The van der Waals surface area contributed by atoms with E-state index >= 15 is 0 Å². The molecule has 0 radical (unpaired) electrons. The molecule has 0 saturated carbocycles. The van der Waals surface area contributed by atoms with E-state index in [4.69, 9.17) is 0 Å². The molecule has 4 nitrogen and oxygen atoms in total. The zero-order valence-corrected chi connectivity index (χ0v) is 8.11. The van der Waals surface area contributed by atoms with Crippen LogP contribution in [0.15, 0.2) is 18.5 Å². The highest BCUT2D eigenvalue weighted by atomic mass is 16.5. The second kappa shape index (κ2) is 4.50. The summed E-state index contributed by atoms with van der Waals surface area (Å²) in [6, 6.07) is 1.65. The highest BCUT2D eigenvalue weighted by molar-refractivity contribution is 5.94. The number of carbonyl (C=O) groups excluding carboxylic acids is 2. The van der Waals surface area contributed by atoms with Crippen LogP contribution in [0.4, 0.5) is 0 Å². The topological polar surface area (TPSA) is 56.3 Å². The first-order valence-corrected chi connectivity index (χ1v) is 4.15. The van der Waals surface area contributed by atoms with Crippen LogP contribution in [-0.4, -0.2) is 23.8 Å². The van der Waals surface area contributed by atoms with Crippen molar-refractivity contribution in [3.8, 4) is 0 Å². The van der Waals surface area contributed by atoms with Gasteiger partial charge in [0.2, 0.25) is 0 Å². The minimum absolute atomic E-state index is 0.0655. The Morgan fingerprint density at radius 1 is 1.43 bits per heavy atom. The summed E-state index contributed by atoms with van der Waals surface area (Å²) in [6.07, 6.45) is 3.16. The van der Waals surface area contributed by atoms with Gasteiger partial charge < -0.3 is 4.74 Å². The van der Waals surface area contributed by atoms with Gasteiger partial charge in [0.1, 0.15) is 0 Å². The van der Waals surface area contributed by atoms with Gasteiger partial charge >= 0.3 is 5.97 Å². The van der Waals surface area contributed by atoms with Gasteiger partial charge in [-0.2, -0.15) is 0 Å². The molecule has 1 heterocycles. The van der Waals surface area contributed by atoms with Crippen LogP contribution in [0.2, 0.25) is 0 Å². The maximum absolute atomic E-state index is 11.0. The molecule has 0 atom stereocenters. The number of hydrogen-bond donors (Lipinski definition) is 0. The van der Waals surface area contributed by atoms with Crippen LogP contribution in [0.1, 0.15) is 22.8 Å². The van der Waals surface area contributed by atoms with Crippen LogP contribution in [-0.2, 0) is 16.0 Å². The first-order valence-electron chi connectivity index (χ1n) is 4.15. The van der Waals surface area contributed by atoms with E-state index < -0.39 is 0 Å². The smallest absolute Gasteiger partial charge is 0.310 e. The lowest BCUT2D eigenvalue weighted by Crippen LogP contribution is -2.05. The highest BCUT2D eigenvalue weighted by Gasteiger charge is 2.05. The standard InChI is InChI=1S/C10H11NO3/c1-7(12)9-3-8(5-11-6-9)4-10(13)14-2/h3,5-6H,4H2,1-2H3. The Labute approximate surface area is 81.9 Å². The van der Waals surface area contributed by atoms with Gasteiger partial charge in [0.15, 0.2) is 5.78 Å². The highest BCUT2D eigenvalue weighted by Crippen LogP contribution is 2.04. The number of nitrogens with zero attached hydrogens (tertiary/aromatic N) is 1. The van der Waals surface area contributed by atoms with Crippen molar-refractivity contribution in [2.45, 2.75) is 13.3 Å². The lowest BCUT2D eigenvalue weighted by atomic mass is 10.1. The SMILES string of the molecule is COC(=O)Cc1cncc(C(C)=O)c1. The molecule has 0 aliphatic rings. The molecule has 14 heavy (non-hydrogen) atoms. The Morgan fingerprint density at radius 2 is 2.14 bits per heavy atom. The molecule has 1 rings (SSSR count). The molecule has 74 valence electrons. The van der Waals surface area contributed by atoms with Crippen LogP contribution >= 0.6 is 0 Å². The number of ether oxygens (including phenoxy) is 1. The van der Waals surface area contributed by atoms with Gasteiger partial charge in [0, 0.05) is 18.0 Å². The first kappa shape index (κ1) is 10.4. The van der Waals surface area contributed by atoms with Crippen molar-refractivity contribution in [3.63, 3.8) is 0 Å². The first-order chi connectivity index (χ1) is 6.63. The predicted molar refractivity (Wildman–Crippen MR) is 50.0 cm³/mol. The summed E-state index contributed by atoms with van der Waals surface area (Å²) in [5, 5.41) is 0. The lowest BCUT2D eigenvalue weighted by Gasteiger charge is -2.00. The number of Topliss-reactive ketones (excluding diaryl/α,β-unsaturated/α-hetero) is 1. The third-order valence-corrected chi connectivity index (χ3v) is 1.78. The Bertz CT molecular complexity index is 360. The van der Waals surface area contributed by atoms with Crippen molar-refractivity contribution >= 4 is 11.8 Å². The fourth-order valence-electron chi connectivity index (χ4n) is 1.02. The van der Waals surface area contributed by atoms with Gasteiger partial charge in [0.05, 0.1) is 13.5 Å². The van der Waals surface area contributed by atoms with Gasteiger partial charge in [-0.3, -0.25) is 14.6 Å². The molecule has 4 heteroatoms. The van der Waals surface area contributed by atoms with E-state index in [1.165, 1.54) is 20.2 Å². The molecule has 0 unspecified atom stereocenters. The summed E-state index contributed by atoms with van der Waals surface area (Å²) in [4.78, 5) is 25.8. The summed E-state index contributed by atoms with van der Waals surface area (Å²) in [5.74, 6) is -0.406. The quantitative estimate of drug-likeness (QED) is 0.530. The summed E-state index contributed by atoms with van der Waals surface area (Å²) in [6.45, 7) is 1.46. The fourth-order valence-corrected chi connectivity index (χ4v) is 1.02. The summed E-state index contributed by atoms with van der Waals surface area (Å²) >= 11 is 0. The molecule has 0 fully saturated rings. The van der Waals surface area contributed by atoms with E-state index in [0.29, 0.717) is 11.1 Å². The molecule has 0 bridgehead atoms. The van der Waals surface area contributed by atoms with E-state index in [2.05, 4.69) is 9.72 Å². The van der Waals surface area contributed by atoms with Crippen molar-refractivity contribution in [2.24, 2.45) is 0 Å². The molecule has 1 aromatic heterocycles. The van der Waals surface area contributed by atoms with Gasteiger partial charge in [-0.1, -0.05) is 0 Å². The number of hydrogen-bond acceptors (Lipinski definition) is 4. The molecule has 0 aliphatic carbocycles. The molecule has 1 aromatic rings. The van der Waals surface area contributed by atoms with Gasteiger partial charge in [-0.15, -0.1) is 0 Å². The third-order valence-electron chi connectivity index (χ3n) is 1.78. The van der Waals surface area contributed by atoms with Crippen molar-refractivity contribution < 1.29 is 14.3 Å². The monoisotopic (exact) mass is 193 g/mol. The second-order valence-corrected chi connectivity index (χ2v) is 2.89. The molecular weight excluding hydrogens is 182 g/mol. The predicted octanol–water partition coefficient (Wildman–Crippen LogP) is 1.000. The van der Waals surface area contributed by atoms with E-state index in [1.807, 2.05) is 0 Å². The van der Waals surface area contributed by atoms with E-state index in [0.717, 1.165) is 0 Å². The number of rotatable bonds is 3. The maximum atomic E-state index is 11.0. The maximum Gasteiger partial charge on any atom is 0.310 e. The number of methoxy groups -OCH3 is 1. The Balaban J connectivity index is 2.83. The minimum atomic E-state index is -0.340. The van der Waals surface area contributed by atoms with Crippen LogP contribution in [0, 0.1) is 0 Å². The Morgan fingerprint density at radius 3 is 2.71 bits per heavy atom. The molecule has 0 saturated heterocycles. The van der Waals surface area contributed by atoms with E-state index in [9.17, 15) is 9.59 Å². The second-order valence-electron chi connectivity index (χ2n) is 2.89. The molecule has 0 N–H and O–H groups in total. The van der Waals surface area contributed by atoms with Crippen LogP contribution in [0.5, 0.6) is 0 Å². The van der Waals surface area contributed by atoms with E-state index in [-0.39, 0.29) is 18.2 Å². The van der Waals surface area contributed by atoms with E-state index in [1.54, 1.807) is 12.3 Å². The van der Waals surface area contributed by atoms with Crippen LogP contribution < -0.4 is 0 Å². The van der Waals surface area contributed by atoms with Gasteiger partial charge in [0.25, 0.3) is 0 Å². The molecular formula is C10H11NO3. The fraction of sp³-hybridized carbons (Fsp3) is 0.300. The van der Waals surface area contributed by atoms with Gasteiger partial charge in [-0.25, -0.2) is 0 Å². The van der Waals surface area contributed by atoms with Crippen LogP contribution in [0.3, 0.4) is 0 Å². The van der Waals surface area contributed by atoms with Gasteiger partial charge in [-0.05, 0) is 18.6 Å². The summed E-state index contributed by atoms with van der Waals surface area (Å²) < 4.78 is 4.50. The number of carbonyl (C=O) groups is 2. The minimum Gasteiger partial charge on any atom is -0.469 e. The number of ketones is 1. The van der Waals surface area contributed by atoms with Crippen molar-refractivity contribution in [3.05, 3.63) is 29.6 Å². The average molecular weight is 193 g/mol. The normalized spacial score (nSPS) is 9.57. The third kappa shape index (κ3) is 2.65. The zero-order chi connectivity index (χ0) is 10.6. The molecule has 0 spiro atoms. The molecule has 0 aliphatic heterocycles. The summed E-state index contributed by atoms with van der Waals surface area (Å²) in [7, 11) is 1.32. The lowest BCUT2D eigenvalue weighted by molar-refractivity contribution is -0.139. The zero-order valence-electron chi connectivity index (χ0n) is 8.11. The van der Waals surface area contributed by atoms with Crippen molar-refractivity contribution in [2.75, 3.05) is 7.11 Å². The number of esters is 1. The molecule has 0 aromatic carbocycles. The molecule has 0 amide bonds. The van der Waals surface area contributed by atoms with Crippen molar-refractivity contribution in [1.82, 2.24) is 4.98 Å². The number of pyridine rings is 1. The summed E-state index contributed by atoms with van der Waals surface area (Å²) in [5.41, 5.74) is 1.19. The Hall–Kier alpha value is -1.71. The number of aromatic nitrogens is 1. The Kier molecular flexibility index (Phi) is 3.34. The van der Waals surface area contributed by atoms with Crippen molar-refractivity contribution in [1.29, 1.82) is 0 Å². The largest absolute Gasteiger partial charge is 0.469 e. The average Bonchev–Trinajstić information content (AvgIpc) is 2.18. The van der Waals surface area contributed by atoms with Crippen LogP contribution in [0.25, 0.3) is 0 Å².